The summed E-state index contributed by atoms with van der Waals surface area (Å²) in [6, 6.07) is 6.90. The van der Waals surface area contributed by atoms with Gasteiger partial charge in [0.15, 0.2) is 0 Å². The number of hydrogen-bond acceptors (Lipinski definition) is 4. The molecule has 0 aliphatic heterocycles. The van der Waals surface area contributed by atoms with Crippen molar-refractivity contribution in [2.24, 2.45) is 5.92 Å². The van der Waals surface area contributed by atoms with E-state index in [2.05, 4.69) is 6.92 Å². The Balaban J connectivity index is 2.45. The van der Waals surface area contributed by atoms with Crippen molar-refractivity contribution in [2.45, 2.75) is 20.3 Å². The molecule has 0 aromatic heterocycles. The average molecular weight is 300 g/mol. The number of rotatable bonds is 8. The van der Waals surface area contributed by atoms with Crippen LogP contribution in [-0.2, 0) is 10.0 Å². The fourth-order valence-corrected chi connectivity index (χ4v) is 2.75. The zero-order valence-corrected chi connectivity index (χ0v) is 13.2. The predicted octanol–water partition coefficient (Wildman–Crippen LogP) is 1.96. The van der Waals surface area contributed by atoms with Crippen molar-refractivity contribution in [2.75, 3.05) is 31.7 Å². The first-order valence-corrected chi connectivity index (χ1v) is 8.38. The molecule has 1 unspecified atom stereocenters. The molecule has 0 fully saturated rings. The Labute approximate surface area is 121 Å². The van der Waals surface area contributed by atoms with Crippen LogP contribution >= 0.6 is 0 Å². The molecule has 114 valence electrons. The van der Waals surface area contributed by atoms with E-state index in [9.17, 15) is 8.42 Å². The Morgan fingerprint density at radius 2 is 1.90 bits per heavy atom. The Morgan fingerprint density at radius 3 is 2.45 bits per heavy atom. The Morgan fingerprint density at radius 1 is 1.30 bits per heavy atom. The third-order valence-electron chi connectivity index (χ3n) is 3.23. The van der Waals surface area contributed by atoms with Gasteiger partial charge in [0.25, 0.3) is 0 Å². The lowest BCUT2D eigenvalue weighted by molar-refractivity contribution is 0.333. The van der Waals surface area contributed by atoms with E-state index in [4.69, 9.17) is 10.5 Å². The second-order valence-electron chi connectivity index (χ2n) is 5.03. The predicted molar refractivity (Wildman–Crippen MR) is 82.2 cm³/mol. The van der Waals surface area contributed by atoms with E-state index in [1.807, 2.05) is 6.92 Å². The van der Waals surface area contributed by atoms with Crippen molar-refractivity contribution in [3.8, 4) is 5.75 Å². The number of benzene rings is 1. The maximum atomic E-state index is 12.1. The maximum absolute atomic E-state index is 12.1. The lowest BCUT2D eigenvalue weighted by atomic mass is 10.1. The van der Waals surface area contributed by atoms with Crippen LogP contribution in [-0.4, -0.2) is 38.7 Å². The highest BCUT2D eigenvalue weighted by molar-refractivity contribution is 7.89. The van der Waals surface area contributed by atoms with Gasteiger partial charge < -0.3 is 10.5 Å². The largest absolute Gasteiger partial charge is 0.492 e. The molecule has 0 saturated heterocycles. The number of nitrogens with two attached hydrogens (primary N) is 1. The lowest BCUT2D eigenvalue weighted by Gasteiger charge is -2.20. The summed E-state index contributed by atoms with van der Waals surface area (Å²) in [5.41, 5.74) is 6.22. The Bertz CT molecular complexity index is 500. The molecule has 2 N–H and O–H groups in total. The molecular weight excluding hydrogens is 276 g/mol. The minimum absolute atomic E-state index is 0.0235. The highest BCUT2D eigenvalue weighted by Gasteiger charge is 2.19. The van der Waals surface area contributed by atoms with Crippen molar-refractivity contribution in [3.63, 3.8) is 0 Å². The first-order chi connectivity index (χ1) is 9.35. The molecule has 0 radical (unpaired) electrons. The van der Waals surface area contributed by atoms with Gasteiger partial charge in [-0.05, 0) is 30.2 Å². The molecule has 0 amide bonds. The van der Waals surface area contributed by atoms with E-state index < -0.39 is 10.0 Å². The van der Waals surface area contributed by atoms with E-state index in [1.165, 1.54) is 4.31 Å². The minimum atomic E-state index is -3.26. The van der Waals surface area contributed by atoms with Crippen LogP contribution in [0.25, 0.3) is 0 Å². The molecule has 1 atom stereocenters. The van der Waals surface area contributed by atoms with Gasteiger partial charge in [-0.25, -0.2) is 12.7 Å². The highest BCUT2D eigenvalue weighted by Crippen LogP contribution is 2.13. The summed E-state index contributed by atoms with van der Waals surface area (Å²) in [5.74, 6) is 0.955. The quantitative estimate of drug-likeness (QED) is 0.745. The van der Waals surface area contributed by atoms with Crippen molar-refractivity contribution in [1.82, 2.24) is 4.31 Å². The zero-order valence-electron chi connectivity index (χ0n) is 12.4. The molecule has 6 heteroatoms. The second kappa shape index (κ2) is 7.50. The van der Waals surface area contributed by atoms with Gasteiger partial charge in [-0.2, -0.15) is 0 Å². The highest BCUT2D eigenvalue weighted by atomic mass is 32.2. The Hall–Kier alpha value is -1.27. The molecule has 1 aromatic carbocycles. The van der Waals surface area contributed by atoms with Crippen molar-refractivity contribution >= 4 is 15.7 Å². The molecule has 0 spiro atoms. The first kappa shape index (κ1) is 16.8. The summed E-state index contributed by atoms with van der Waals surface area (Å²) in [6.45, 7) is 4.77. The van der Waals surface area contributed by atoms with Gasteiger partial charge in [0.2, 0.25) is 10.0 Å². The summed E-state index contributed by atoms with van der Waals surface area (Å²) >= 11 is 0. The van der Waals surface area contributed by atoms with Crippen LogP contribution < -0.4 is 10.5 Å². The van der Waals surface area contributed by atoms with E-state index in [-0.39, 0.29) is 12.4 Å². The third-order valence-corrected chi connectivity index (χ3v) is 5.01. The van der Waals surface area contributed by atoms with Crippen LogP contribution in [0.5, 0.6) is 5.75 Å². The minimum Gasteiger partial charge on any atom is -0.492 e. The number of nitrogen functional groups attached to an aromatic ring is 1. The van der Waals surface area contributed by atoms with E-state index in [0.717, 1.165) is 6.42 Å². The van der Waals surface area contributed by atoms with Gasteiger partial charge in [-0.15, -0.1) is 0 Å². The summed E-state index contributed by atoms with van der Waals surface area (Å²) in [5, 5.41) is 0. The molecule has 0 heterocycles. The number of ether oxygens (including phenoxy) is 1. The summed E-state index contributed by atoms with van der Waals surface area (Å²) in [7, 11) is -1.64. The van der Waals surface area contributed by atoms with Crippen molar-refractivity contribution in [3.05, 3.63) is 24.3 Å². The molecule has 0 bridgehead atoms. The molecule has 1 rings (SSSR count). The smallest absolute Gasteiger partial charge is 0.217 e. The summed E-state index contributed by atoms with van der Waals surface area (Å²) in [4.78, 5) is 0. The van der Waals surface area contributed by atoms with Gasteiger partial charge in [0, 0.05) is 19.3 Å². The molecule has 0 aliphatic carbocycles. The number of hydrogen-bond donors (Lipinski definition) is 1. The normalized spacial score (nSPS) is 13.4. The van der Waals surface area contributed by atoms with Gasteiger partial charge in [-0.3, -0.25) is 0 Å². The molecular formula is C14H24N2O3S. The van der Waals surface area contributed by atoms with Crippen LogP contribution in [0.15, 0.2) is 24.3 Å². The molecule has 20 heavy (non-hydrogen) atoms. The standard InChI is InChI=1S/C14H24N2O3S/c1-4-12(2)11-16(3)20(17,18)10-9-19-14-7-5-13(15)6-8-14/h5-8,12H,4,9-11,15H2,1-3H3. The molecule has 0 aliphatic rings. The maximum Gasteiger partial charge on any atom is 0.217 e. The summed E-state index contributed by atoms with van der Waals surface area (Å²) < 4.78 is 30.9. The van der Waals surface area contributed by atoms with Gasteiger partial charge in [0.05, 0.1) is 5.75 Å². The summed E-state index contributed by atoms with van der Waals surface area (Å²) in [6.07, 6.45) is 0.960. The Kier molecular flexibility index (Phi) is 6.29. The SMILES string of the molecule is CCC(C)CN(C)S(=O)(=O)CCOc1ccc(N)cc1. The lowest BCUT2D eigenvalue weighted by Crippen LogP contribution is -2.34. The molecule has 5 nitrogen and oxygen atoms in total. The van der Waals surface area contributed by atoms with E-state index >= 15 is 0 Å². The third kappa shape index (κ3) is 5.38. The molecule has 0 saturated carbocycles. The van der Waals surface area contributed by atoms with Crippen LogP contribution in [0, 0.1) is 5.92 Å². The average Bonchev–Trinajstić information content (AvgIpc) is 2.40. The number of nitrogens with zero attached hydrogens (tertiary/aromatic N) is 1. The van der Waals surface area contributed by atoms with E-state index in [0.29, 0.717) is 23.9 Å². The van der Waals surface area contributed by atoms with Gasteiger partial charge >= 0.3 is 0 Å². The van der Waals surface area contributed by atoms with Crippen molar-refractivity contribution in [1.29, 1.82) is 0 Å². The van der Waals surface area contributed by atoms with E-state index in [1.54, 1.807) is 31.3 Å². The van der Waals surface area contributed by atoms with Crippen LogP contribution in [0.2, 0.25) is 0 Å². The van der Waals surface area contributed by atoms with Crippen LogP contribution in [0.1, 0.15) is 20.3 Å². The van der Waals surface area contributed by atoms with Crippen LogP contribution in [0.4, 0.5) is 5.69 Å². The number of sulfonamides is 1. The number of anilines is 1. The fraction of sp³-hybridized carbons (Fsp3) is 0.571. The van der Waals surface area contributed by atoms with Crippen LogP contribution in [0.3, 0.4) is 0 Å². The first-order valence-electron chi connectivity index (χ1n) is 6.77. The monoisotopic (exact) mass is 300 g/mol. The fourth-order valence-electron chi connectivity index (χ4n) is 1.67. The zero-order chi connectivity index (χ0) is 15.2. The van der Waals surface area contributed by atoms with Gasteiger partial charge in [0.1, 0.15) is 12.4 Å². The molecule has 1 aromatic rings. The topological polar surface area (TPSA) is 72.6 Å². The van der Waals surface area contributed by atoms with Gasteiger partial charge in [-0.1, -0.05) is 20.3 Å². The van der Waals surface area contributed by atoms with Crippen molar-refractivity contribution < 1.29 is 13.2 Å². The second-order valence-corrected chi connectivity index (χ2v) is 7.22.